The van der Waals surface area contributed by atoms with Gasteiger partial charge in [-0.2, -0.15) is 0 Å². The zero-order chi connectivity index (χ0) is 22.7. The summed E-state index contributed by atoms with van der Waals surface area (Å²) in [5.74, 6) is -0.822. The first-order valence-corrected chi connectivity index (χ1v) is 11.1. The van der Waals surface area contributed by atoms with Crippen molar-refractivity contribution in [3.63, 3.8) is 0 Å². The molecule has 0 aliphatic carbocycles. The molecule has 4 rings (SSSR count). The fourth-order valence-corrected chi connectivity index (χ4v) is 4.39. The van der Waals surface area contributed by atoms with Crippen LogP contribution in [0.2, 0.25) is 0 Å². The van der Waals surface area contributed by atoms with Crippen LogP contribution in [0.1, 0.15) is 24.9 Å². The molecule has 32 heavy (non-hydrogen) atoms. The minimum Gasteiger partial charge on any atom is -0.467 e. The SMILES string of the molecule is CC[C@H](Sc1nnc2c3ccccc3n(C)c2n1)C(=O)N[C@@H](C(=O)OC)c1ccccc1. The average Bonchev–Trinajstić information content (AvgIpc) is 3.12. The molecule has 2 aromatic carbocycles. The van der Waals surface area contributed by atoms with E-state index in [0.29, 0.717) is 22.8 Å². The Bertz CT molecular complexity index is 1270. The van der Waals surface area contributed by atoms with Gasteiger partial charge in [0.25, 0.3) is 0 Å². The number of ether oxygens (including phenoxy) is 1. The van der Waals surface area contributed by atoms with Crippen LogP contribution in [0.4, 0.5) is 0 Å². The maximum Gasteiger partial charge on any atom is 0.333 e. The van der Waals surface area contributed by atoms with E-state index >= 15 is 0 Å². The highest BCUT2D eigenvalue weighted by atomic mass is 32.2. The van der Waals surface area contributed by atoms with E-state index in [1.165, 1.54) is 18.9 Å². The standard InChI is InChI=1S/C23H23N5O3S/c1-4-17(21(29)24-18(22(30)31-3)14-10-6-5-7-11-14)32-23-25-20-19(26-27-23)15-12-8-9-13-16(15)28(20)2/h5-13,17-18H,4H2,1-3H3,(H,24,29)/t17-,18+/m0/s1. The maximum atomic E-state index is 13.0. The lowest BCUT2D eigenvalue weighted by molar-refractivity contribution is -0.145. The van der Waals surface area contributed by atoms with Crippen molar-refractivity contribution < 1.29 is 14.3 Å². The van der Waals surface area contributed by atoms with Gasteiger partial charge in [0.2, 0.25) is 11.1 Å². The van der Waals surface area contributed by atoms with Crippen molar-refractivity contribution >= 4 is 45.7 Å². The average molecular weight is 450 g/mol. The molecule has 4 aromatic rings. The Morgan fingerprint density at radius 3 is 2.53 bits per heavy atom. The molecule has 0 saturated carbocycles. The molecule has 2 aromatic heterocycles. The summed E-state index contributed by atoms with van der Waals surface area (Å²) >= 11 is 1.22. The molecule has 8 nitrogen and oxygen atoms in total. The zero-order valence-corrected chi connectivity index (χ0v) is 18.8. The van der Waals surface area contributed by atoms with Crippen molar-refractivity contribution in [1.29, 1.82) is 0 Å². The summed E-state index contributed by atoms with van der Waals surface area (Å²) in [7, 11) is 3.23. The van der Waals surface area contributed by atoms with Crippen LogP contribution in [0.25, 0.3) is 22.1 Å². The Labute approximate surface area is 189 Å². The van der Waals surface area contributed by atoms with Gasteiger partial charge in [-0.25, -0.2) is 9.78 Å². The minimum absolute atomic E-state index is 0.294. The molecular weight excluding hydrogens is 426 g/mol. The number of thioether (sulfide) groups is 1. The van der Waals surface area contributed by atoms with Gasteiger partial charge >= 0.3 is 5.97 Å². The number of nitrogens with one attached hydrogen (secondary N) is 1. The van der Waals surface area contributed by atoms with Gasteiger partial charge in [0, 0.05) is 12.4 Å². The highest BCUT2D eigenvalue weighted by molar-refractivity contribution is 8.00. The Morgan fingerprint density at radius 1 is 1.09 bits per heavy atom. The molecule has 0 saturated heterocycles. The molecule has 0 bridgehead atoms. The Morgan fingerprint density at radius 2 is 1.81 bits per heavy atom. The van der Waals surface area contributed by atoms with Crippen LogP contribution in [-0.2, 0) is 21.4 Å². The van der Waals surface area contributed by atoms with Gasteiger partial charge in [0.1, 0.15) is 5.52 Å². The Hall–Kier alpha value is -3.46. The van der Waals surface area contributed by atoms with Crippen LogP contribution < -0.4 is 5.32 Å². The van der Waals surface area contributed by atoms with E-state index in [2.05, 4.69) is 20.5 Å². The third-order valence-corrected chi connectivity index (χ3v) is 6.47. The molecule has 2 atom stereocenters. The summed E-state index contributed by atoms with van der Waals surface area (Å²) < 4.78 is 6.86. The second-order valence-corrected chi connectivity index (χ2v) is 8.40. The van der Waals surface area contributed by atoms with Crippen molar-refractivity contribution in [2.24, 2.45) is 7.05 Å². The van der Waals surface area contributed by atoms with Gasteiger partial charge in [0.15, 0.2) is 11.7 Å². The number of benzene rings is 2. The van der Waals surface area contributed by atoms with E-state index in [1.54, 1.807) is 12.1 Å². The third-order valence-electron chi connectivity index (χ3n) is 5.25. The van der Waals surface area contributed by atoms with Crippen molar-refractivity contribution in [1.82, 2.24) is 25.1 Å². The molecule has 1 amide bonds. The van der Waals surface area contributed by atoms with E-state index in [9.17, 15) is 9.59 Å². The van der Waals surface area contributed by atoms with Crippen LogP contribution in [0.15, 0.2) is 59.8 Å². The van der Waals surface area contributed by atoms with Gasteiger partial charge in [-0.1, -0.05) is 67.2 Å². The fourth-order valence-electron chi connectivity index (χ4n) is 3.57. The number of para-hydroxylation sites is 1. The number of amides is 1. The van der Waals surface area contributed by atoms with E-state index < -0.39 is 17.3 Å². The van der Waals surface area contributed by atoms with E-state index in [4.69, 9.17) is 4.74 Å². The quantitative estimate of drug-likeness (QED) is 0.341. The predicted octanol–water partition coefficient (Wildman–Crippen LogP) is 3.42. The number of carbonyl (C=O) groups excluding carboxylic acids is 2. The van der Waals surface area contributed by atoms with Crippen molar-refractivity contribution in [2.45, 2.75) is 29.8 Å². The van der Waals surface area contributed by atoms with Gasteiger partial charge < -0.3 is 14.6 Å². The predicted molar refractivity (Wildman–Crippen MR) is 123 cm³/mol. The molecule has 0 aliphatic heterocycles. The second kappa shape index (κ2) is 9.35. The summed E-state index contributed by atoms with van der Waals surface area (Å²) in [4.78, 5) is 30.0. The smallest absolute Gasteiger partial charge is 0.333 e. The molecule has 1 N–H and O–H groups in total. The zero-order valence-electron chi connectivity index (χ0n) is 18.0. The van der Waals surface area contributed by atoms with E-state index in [1.807, 2.05) is 61.0 Å². The lowest BCUT2D eigenvalue weighted by Gasteiger charge is -2.20. The monoisotopic (exact) mass is 449 g/mol. The minimum atomic E-state index is -0.886. The van der Waals surface area contributed by atoms with Crippen molar-refractivity contribution in [2.75, 3.05) is 7.11 Å². The first-order valence-electron chi connectivity index (χ1n) is 10.2. The number of aromatic nitrogens is 4. The van der Waals surface area contributed by atoms with Crippen LogP contribution in [0.3, 0.4) is 0 Å². The number of fused-ring (bicyclic) bond motifs is 3. The number of nitrogens with zero attached hydrogens (tertiary/aromatic N) is 4. The Balaban J connectivity index is 1.57. The summed E-state index contributed by atoms with van der Waals surface area (Å²) in [6.45, 7) is 1.90. The molecule has 0 radical (unpaired) electrons. The lowest BCUT2D eigenvalue weighted by Crippen LogP contribution is -2.39. The van der Waals surface area contributed by atoms with Crippen molar-refractivity contribution in [3.05, 3.63) is 60.2 Å². The molecule has 2 heterocycles. The Kier molecular flexibility index (Phi) is 6.36. The highest BCUT2D eigenvalue weighted by Gasteiger charge is 2.28. The van der Waals surface area contributed by atoms with Crippen LogP contribution >= 0.6 is 11.8 Å². The van der Waals surface area contributed by atoms with Gasteiger partial charge in [-0.05, 0) is 18.1 Å². The van der Waals surface area contributed by atoms with Gasteiger partial charge in [0.05, 0.1) is 17.9 Å². The first-order chi connectivity index (χ1) is 15.5. The highest BCUT2D eigenvalue weighted by Crippen LogP contribution is 2.28. The number of hydrogen-bond donors (Lipinski definition) is 1. The number of aryl methyl sites for hydroxylation is 1. The normalized spacial score (nSPS) is 13.1. The molecule has 164 valence electrons. The molecule has 9 heteroatoms. The molecule has 0 aliphatic rings. The largest absolute Gasteiger partial charge is 0.467 e. The van der Waals surface area contributed by atoms with Crippen LogP contribution in [-0.4, -0.2) is 44.0 Å². The molecular formula is C23H23N5O3S. The lowest BCUT2D eigenvalue weighted by atomic mass is 10.1. The van der Waals surface area contributed by atoms with Crippen LogP contribution in [0.5, 0.6) is 0 Å². The summed E-state index contributed by atoms with van der Waals surface area (Å²) in [5, 5.41) is 12.3. The second-order valence-electron chi connectivity index (χ2n) is 7.23. The van der Waals surface area contributed by atoms with Gasteiger partial charge in [-0.3, -0.25) is 4.79 Å². The number of hydrogen-bond acceptors (Lipinski definition) is 7. The molecule has 0 spiro atoms. The summed E-state index contributed by atoms with van der Waals surface area (Å²) in [6, 6.07) is 16.0. The van der Waals surface area contributed by atoms with Gasteiger partial charge in [-0.15, -0.1) is 10.2 Å². The first kappa shape index (κ1) is 21.8. The molecule has 0 fully saturated rings. The number of methoxy groups -OCH3 is 1. The summed E-state index contributed by atoms with van der Waals surface area (Å²) in [5.41, 5.74) is 3.10. The summed E-state index contributed by atoms with van der Waals surface area (Å²) in [6.07, 6.45) is 0.524. The topological polar surface area (TPSA) is 99.0 Å². The number of carbonyl (C=O) groups is 2. The third kappa shape index (κ3) is 4.16. The van der Waals surface area contributed by atoms with Crippen LogP contribution in [0, 0.1) is 0 Å². The number of rotatable bonds is 7. The van der Waals surface area contributed by atoms with E-state index in [0.717, 1.165) is 16.4 Å². The fraction of sp³-hybridized carbons (Fsp3) is 0.261. The number of esters is 1. The van der Waals surface area contributed by atoms with E-state index in [-0.39, 0.29) is 5.91 Å². The maximum absolute atomic E-state index is 13.0. The van der Waals surface area contributed by atoms with Crippen molar-refractivity contribution in [3.8, 4) is 0 Å². The molecule has 0 unspecified atom stereocenters.